The molecule has 1 aromatic heterocycles. The summed E-state index contributed by atoms with van der Waals surface area (Å²) in [6.07, 6.45) is 7.62. The van der Waals surface area contributed by atoms with Crippen LogP contribution in [0.15, 0.2) is 66.6 Å². The summed E-state index contributed by atoms with van der Waals surface area (Å²) in [5.41, 5.74) is 4.99. The van der Waals surface area contributed by atoms with Crippen molar-refractivity contribution >= 4 is 34.3 Å². The first-order valence-corrected chi connectivity index (χ1v) is 8.48. The van der Waals surface area contributed by atoms with Gasteiger partial charge in [-0.3, -0.25) is 15.2 Å². The predicted molar refractivity (Wildman–Crippen MR) is 112 cm³/mol. The second-order valence-electron chi connectivity index (χ2n) is 5.83. The van der Waals surface area contributed by atoms with Gasteiger partial charge in [-0.05, 0) is 42.6 Å². The van der Waals surface area contributed by atoms with E-state index in [9.17, 15) is 4.79 Å². The van der Waals surface area contributed by atoms with E-state index < -0.39 is 6.04 Å². The van der Waals surface area contributed by atoms with Crippen molar-refractivity contribution in [3.63, 3.8) is 0 Å². The van der Waals surface area contributed by atoms with Crippen LogP contribution in [0.1, 0.15) is 0 Å². The Morgan fingerprint density at radius 1 is 1.44 bits per heavy atom. The number of hydrazone groups is 1. The Balaban J connectivity index is 2.19. The van der Waals surface area contributed by atoms with Crippen molar-refractivity contribution in [2.45, 2.75) is 6.04 Å². The molecular formula is C20H24N6O. The van der Waals surface area contributed by atoms with E-state index in [0.29, 0.717) is 12.3 Å². The van der Waals surface area contributed by atoms with Gasteiger partial charge in [0.1, 0.15) is 5.71 Å². The van der Waals surface area contributed by atoms with E-state index in [1.807, 2.05) is 42.3 Å². The molecule has 2 aromatic rings. The zero-order chi connectivity index (χ0) is 19.6. The summed E-state index contributed by atoms with van der Waals surface area (Å²) in [5.74, 6) is -0.266. The largest absolute Gasteiger partial charge is 0.394 e. The fraction of sp³-hybridized carbons (Fsp3) is 0.200. The van der Waals surface area contributed by atoms with Gasteiger partial charge in [0.15, 0.2) is 0 Å². The fourth-order valence-electron chi connectivity index (χ4n) is 2.39. The summed E-state index contributed by atoms with van der Waals surface area (Å²) in [4.78, 5) is 18.4. The van der Waals surface area contributed by atoms with Gasteiger partial charge in [0.25, 0.3) is 0 Å². The lowest BCUT2D eigenvalue weighted by molar-refractivity contribution is -0.108. The molecular weight excluding hydrogens is 340 g/mol. The summed E-state index contributed by atoms with van der Waals surface area (Å²) < 4.78 is 0. The smallest absolute Gasteiger partial charge is 0.203 e. The minimum atomic E-state index is -0.415. The van der Waals surface area contributed by atoms with Gasteiger partial charge in [-0.2, -0.15) is 5.10 Å². The van der Waals surface area contributed by atoms with Crippen molar-refractivity contribution in [1.82, 2.24) is 15.7 Å². The second-order valence-corrected chi connectivity index (χ2v) is 5.83. The van der Waals surface area contributed by atoms with Gasteiger partial charge in [0.05, 0.1) is 18.1 Å². The first-order chi connectivity index (χ1) is 13.1. The maximum absolute atomic E-state index is 12.2. The molecule has 27 heavy (non-hydrogen) atoms. The Hall–Kier alpha value is -3.48. The van der Waals surface area contributed by atoms with Crippen molar-refractivity contribution in [2.75, 3.05) is 25.5 Å². The SMILES string of the molecule is C=CC(=O)/C(CN(C)c1ccc2ncccc2c1)=N\NC(C=N)C=CNC. The van der Waals surface area contributed by atoms with Crippen molar-refractivity contribution in [1.29, 1.82) is 5.41 Å². The van der Waals surface area contributed by atoms with Crippen LogP contribution in [-0.2, 0) is 4.79 Å². The minimum absolute atomic E-state index is 0.266. The molecule has 0 amide bonds. The number of fused-ring (bicyclic) bond motifs is 1. The van der Waals surface area contributed by atoms with Crippen LogP contribution in [0.5, 0.6) is 0 Å². The van der Waals surface area contributed by atoms with E-state index in [1.54, 1.807) is 25.5 Å². The molecule has 0 spiro atoms. The number of nitrogens with one attached hydrogen (secondary N) is 3. The molecule has 1 aromatic carbocycles. The number of pyridine rings is 1. The predicted octanol–water partition coefficient (Wildman–Crippen LogP) is 2.12. The maximum atomic E-state index is 12.2. The minimum Gasteiger partial charge on any atom is -0.394 e. The van der Waals surface area contributed by atoms with Crippen LogP contribution in [0, 0.1) is 5.41 Å². The molecule has 0 fully saturated rings. The second kappa shape index (κ2) is 9.86. The van der Waals surface area contributed by atoms with E-state index in [0.717, 1.165) is 16.6 Å². The number of nitrogens with zero attached hydrogens (tertiary/aromatic N) is 3. The van der Waals surface area contributed by atoms with Crippen LogP contribution in [0.3, 0.4) is 0 Å². The van der Waals surface area contributed by atoms with Gasteiger partial charge >= 0.3 is 0 Å². The number of carbonyl (C=O) groups excluding carboxylic acids is 1. The summed E-state index contributed by atoms with van der Waals surface area (Å²) in [6, 6.07) is 9.38. The summed E-state index contributed by atoms with van der Waals surface area (Å²) in [7, 11) is 3.65. The standard InChI is InChI=1S/C20H24N6O/c1-4-20(27)19(25-24-16(13-21)9-11-22-2)14-26(3)17-7-8-18-15(12-17)6-5-10-23-18/h4-13,16,21-22,24H,1,14H2,2-3H3/b11-9?,21-13?,25-19-. The third-order valence-corrected chi connectivity index (χ3v) is 3.88. The number of anilines is 1. The Labute approximate surface area is 159 Å². The van der Waals surface area contributed by atoms with E-state index >= 15 is 0 Å². The van der Waals surface area contributed by atoms with Gasteiger partial charge in [-0.1, -0.05) is 12.6 Å². The number of hydrogen-bond acceptors (Lipinski definition) is 7. The molecule has 0 aliphatic heterocycles. The molecule has 0 aliphatic carbocycles. The third kappa shape index (κ3) is 5.50. The molecule has 1 atom stereocenters. The monoisotopic (exact) mass is 364 g/mol. The van der Waals surface area contributed by atoms with Gasteiger partial charge in [-0.15, -0.1) is 0 Å². The summed E-state index contributed by atoms with van der Waals surface area (Å²) >= 11 is 0. The Morgan fingerprint density at radius 3 is 2.96 bits per heavy atom. The van der Waals surface area contributed by atoms with Crippen LogP contribution in [0.4, 0.5) is 5.69 Å². The molecule has 0 bridgehead atoms. The molecule has 2 rings (SSSR count). The Bertz CT molecular complexity index is 874. The summed E-state index contributed by atoms with van der Waals surface area (Å²) in [5, 5.41) is 15.5. The number of allylic oxidation sites excluding steroid dienone is 1. The average molecular weight is 364 g/mol. The zero-order valence-corrected chi connectivity index (χ0v) is 15.5. The number of benzene rings is 1. The highest BCUT2D eigenvalue weighted by Gasteiger charge is 2.13. The van der Waals surface area contributed by atoms with Crippen LogP contribution in [0.25, 0.3) is 10.9 Å². The first kappa shape index (κ1) is 19.8. The lowest BCUT2D eigenvalue weighted by Crippen LogP contribution is -2.34. The molecule has 140 valence electrons. The average Bonchev–Trinajstić information content (AvgIpc) is 2.71. The van der Waals surface area contributed by atoms with Crippen molar-refractivity contribution in [2.24, 2.45) is 5.10 Å². The highest BCUT2D eigenvalue weighted by Crippen LogP contribution is 2.19. The van der Waals surface area contributed by atoms with Crippen molar-refractivity contribution < 1.29 is 4.79 Å². The molecule has 0 radical (unpaired) electrons. The van der Waals surface area contributed by atoms with Crippen molar-refractivity contribution in [3.8, 4) is 0 Å². The maximum Gasteiger partial charge on any atom is 0.203 e. The number of aromatic nitrogens is 1. The van der Waals surface area contributed by atoms with Gasteiger partial charge in [0.2, 0.25) is 5.78 Å². The molecule has 0 saturated carbocycles. The van der Waals surface area contributed by atoms with Gasteiger partial charge in [-0.25, -0.2) is 0 Å². The molecule has 3 N–H and O–H groups in total. The highest BCUT2D eigenvalue weighted by atomic mass is 16.1. The van der Waals surface area contributed by atoms with Crippen LogP contribution < -0.4 is 15.6 Å². The van der Waals surface area contributed by atoms with E-state index in [-0.39, 0.29) is 5.78 Å². The fourth-order valence-corrected chi connectivity index (χ4v) is 2.39. The molecule has 1 unspecified atom stereocenters. The van der Waals surface area contributed by atoms with E-state index in [1.165, 1.54) is 12.3 Å². The van der Waals surface area contributed by atoms with Crippen molar-refractivity contribution in [3.05, 3.63) is 61.5 Å². The number of carbonyl (C=O) groups is 1. The first-order valence-electron chi connectivity index (χ1n) is 8.48. The van der Waals surface area contributed by atoms with E-state index in [2.05, 4.69) is 27.4 Å². The quantitative estimate of drug-likeness (QED) is 0.341. The lowest BCUT2D eigenvalue weighted by atomic mass is 10.1. The van der Waals surface area contributed by atoms with Gasteiger partial charge < -0.3 is 15.6 Å². The van der Waals surface area contributed by atoms with E-state index in [4.69, 9.17) is 5.41 Å². The van der Waals surface area contributed by atoms with Gasteiger partial charge in [0, 0.05) is 37.6 Å². The number of ketones is 1. The molecule has 1 heterocycles. The Kier molecular flexibility index (Phi) is 7.25. The van der Waals surface area contributed by atoms with Crippen LogP contribution in [-0.4, -0.2) is 49.4 Å². The lowest BCUT2D eigenvalue weighted by Gasteiger charge is -2.20. The molecule has 7 nitrogen and oxygen atoms in total. The number of rotatable bonds is 10. The van der Waals surface area contributed by atoms with Crippen LogP contribution >= 0.6 is 0 Å². The molecule has 7 heteroatoms. The zero-order valence-electron chi connectivity index (χ0n) is 15.5. The highest BCUT2D eigenvalue weighted by molar-refractivity contribution is 6.45. The topological polar surface area (TPSA) is 93.5 Å². The molecule has 0 aliphatic rings. The molecule has 0 saturated heterocycles. The summed E-state index contributed by atoms with van der Waals surface area (Å²) in [6.45, 7) is 3.84. The third-order valence-electron chi connectivity index (χ3n) is 3.88. The number of hydrogen-bond donors (Lipinski definition) is 3. The van der Waals surface area contributed by atoms with Crippen LogP contribution in [0.2, 0.25) is 0 Å². The Morgan fingerprint density at radius 2 is 2.26 bits per heavy atom. The normalized spacial score (nSPS) is 12.6.